The maximum absolute atomic E-state index is 5.56. The molecule has 3 heteroatoms. The summed E-state index contributed by atoms with van der Waals surface area (Å²) in [5, 5.41) is 7.63. The molecule has 0 aliphatic heterocycles. The molecular formula is C8H8N3. The molecule has 1 aromatic carbocycles. The average molecular weight is 146 g/mol. The van der Waals surface area contributed by atoms with Crippen LogP contribution in [0.5, 0.6) is 0 Å². The van der Waals surface area contributed by atoms with Crippen LogP contribution in [0, 0.1) is 6.92 Å². The number of nitrogens with zero attached hydrogens (tertiary/aromatic N) is 1. The van der Waals surface area contributed by atoms with Crippen molar-refractivity contribution in [2.75, 3.05) is 5.73 Å². The lowest BCUT2D eigenvalue weighted by Gasteiger charge is -1.90. The molecule has 55 valence electrons. The number of H-pyrrole nitrogens is 1. The van der Waals surface area contributed by atoms with Crippen LogP contribution < -0.4 is 5.73 Å². The third-order valence-corrected chi connectivity index (χ3v) is 1.66. The molecule has 0 bridgehead atoms. The molecule has 0 aliphatic rings. The summed E-state index contributed by atoms with van der Waals surface area (Å²) in [6.07, 6.45) is 0. The van der Waals surface area contributed by atoms with Gasteiger partial charge in [0.2, 0.25) is 0 Å². The molecule has 1 aromatic heterocycles. The molecule has 2 aromatic rings. The molecule has 0 saturated heterocycles. The molecule has 0 spiro atoms. The number of nitrogens with two attached hydrogens (primary N) is 1. The van der Waals surface area contributed by atoms with Crippen LogP contribution in [0.1, 0.15) is 5.56 Å². The Balaban J connectivity index is 2.86. The van der Waals surface area contributed by atoms with Gasteiger partial charge in [0.15, 0.2) is 5.82 Å². The Hall–Kier alpha value is -1.51. The number of nitrogen functional groups attached to an aromatic ring is 1. The van der Waals surface area contributed by atoms with Crippen molar-refractivity contribution >= 4 is 16.7 Å². The van der Waals surface area contributed by atoms with Crippen molar-refractivity contribution in [3.05, 3.63) is 30.7 Å². The second-order valence-corrected chi connectivity index (χ2v) is 2.49. The second kappa shape index (κ2) is 1.99. The Morgan fingerprint density at radius 3 is 3.09 bits per heavy atom. The van der Waals surface area contributed by atoms with Gasteiger partial charge in [-0.1, -0.05) is 6.07 Å². The van der Waals surface area contributed by atoms with Gasteiger partial charge in [-0.25, -0.2) is 0 Å². The van der Waals surface area contributed by atoms with E-state index in [4.69, 9.17) is 5.73 Å². The zero-order chi connectivity index (χ0) is 7.84. The van der Waals surface area contributed by atoms with Gasteiger partial charge in [-0.05, 0) is 24.6 Å². The van der Waals surface area contributed by atoms with Crippen LogP contribution in [0.4, 0.5) is 5.82 Å². The van der Waals surface area contributed by atoms with Gasteiger partial charge in [0.25, 0.3) is 0 Å². The first kappa shape index (κ1) is 6.22. The van der Waals surface area contributed by atoms with Crippen LogP contribution in [0.15, 0.2) is 18.2 Å². The minimum atomic E-state index is 0.542. The standard InChI is InChI=1S/C8H8N3/c1-5-2-3-6-7(4-5)10-11-8(6)9/h2-4H,1H2,(H3,9,10,11). The summed E-state index contributed by atoms with van der Waals surface area (Å²) < 4.78 is 0. The fourth-order valence-electron chi connectivity index (χ4n) is 1.09. The lowest BCUT2D eigenvalue weighted by molar-refractivity contribution is 1.13. The van der Waals surface area contributed by atoms with Crippen LogP contribution in [0.2, 0.25) is 0 Å². The van der Waals surface area contributed by atoms with E-state index in [1.165, 1.54) is 0 Å². The van der Waals surface area contributed by atoms with Gasteiger partial charge in [-0.15, -0.1) is 0 Å². The van der Waals surface area contributed by atoms with Gasteiger partial charge in [0, 0.05) is 5.39 Å². The SMILES string of the molecule is [CH2]c1ccc2c(N)n[nH]c2c1. The van der Waals surface area contributed by atoms with Crippen molar-refractivity contribution < 1.29 is 0 Å². The smallest absolute Gasteiger partial charge is 0.153 e. The van der Waals surface area contributed by atoms with Crippen LogP contribution in [-0.4, -0.2) is 10.2 Å². The molecule has 11 heavy (non-hydrogen) atoms. The van der Waals surface area contributed by atoms with Crippen molar-refractivity contribution in [3.63, 3.8) is 0 Å². The Bertz CT molecular complexity index is 389. The number of anilines is 1. The maximum Gasteiger partial charge on any atom is 0.153 e. The van der Waals surface area contributed by atoms with E-state index in [2.05, 4.69) is 17.1 Å². The Morgan fingerprint density at radius 1 is 1.45 bits per heavy atom. The number of hydrogen-bond donors (Lipinski definition) is 2. The molecule has 0 fully saturated rings. The quantitative estimate of drug-likeness (QED) is 0.589. The number of benzene rings is 1. The molecule has 0 unspecified atom stereocenters. The van der Waals surface area contributed by atoms with Gasteiger partial charge in [0.1, 0.15) is 0 Å². The summed E-state index contributed by atoms with van der Waals surface area (Å²) in [4.78, 5) is 0. The van der Waals surface area contributed by atoms with Gasteiger partial charge in [-0.3, -0.25) is 5.10 Å². The monoisotopic (exact) mass is 146 g/mol. The van der Waals surface area contributed by atoms with E-state index < -0.39 is 0 Å². The lowest BCUT2D eigenvalue weighted by atomic mass is 10.2. The Kier molecular flexibility index (Phi) is 1.12. The molecule has 1 radical (unpaired) electrons. The Morgan fingerprint density at radius 2 is 2.27 bits per heavy atom. The van der Waals surface area contributed by atoms with Gasteiger partial charge < -0.3 is 5.73 Å². The molecule has 0 atom stereocenters. The molecule has 0 saturated carbocycles. The lowest BCUT2D eigenvalue weighted by Crippen LogP contribution is -1.83. The fraction of sp³-hybridized carbons (Fsp3) is 0. The van der Waals surface area contributed by atoms with Crippen molar-refractivity contribution in [2.24, 2.45) is 0 Å². The highest BCUT2D eigenvalue weighted by molar-refractivity contribution is 5.88. The van der Waals surface area contributed by atoms with Crippen molar-refractivity contribution in [3.8, 4) is 0 Å². The zero-order valence-electron chi connectivity index (χ0n) is 5.96. The van der Waals surface area contributed by atoms with E-state index in [1.54, 1.807) is 0 Å². The first-order valence-corrected chi connectivity index (χ1v) is 3.33. The normalized spacial score (nSPS) is 10.6. The van der Waals surface area contributed by atoms with E-state index >= 15 is 0 Å². The second-order valence-electron chi connectivity index (χ2n) is 2.49. The van der Waals surface area contributed by atoms with Crippen molar-refractivity contribution in [1.29, 1.82) is 0 Å². The third-order valence-electron chi connectivity index (χ3n) is 1.66. The maximum atomic E-state index is 5.56. The van der Waals surface area contributed by atoms with E-state index in [0.717, 1.165) is 16.5 Å². The molecule has 3 nitrogen and oxygen atoms in total. The summed E-state index contributed by atoms with van der Waals surface area (Å²) in [7, 11) is 0. The molecule has 1 heterocycles. The van der Waals surface area contributed by atoms with E-state index in [9.17, 15) is 0 Å². The minimum Gasteiger partial charge on any atom is -0.382 e. The number of aromatic amines is 1. The minimum absolute atomic E-state index is 0.542. The summed E-state index contributed by atoms with van der Waals surface area (Å²) in [5.74, 6) is 0.542. The third kappa shape index (κ3) is 0.852. The summed E-state index contributed by atoms with van der Waals surface area (Å²) >= 11 is 0. The highest BCUT2D eigenvalue weighted by Gasteiger charge is 1.99. The number of rotatable bonds is 0. The molecule has 0 amide bonds. The van der Waals surface area contributed by atoms with E-state index in [1.807, 2.05) is 18.2 Å². The van der Waals surface area contributed by atoms with Crippen LogP contribution >= 0.6 is 0 Å². The number of nitrogens with one attached hydrogen (secondary N) is 1. The largest absolute Gasteiger partial charge is 0.382 e. The Labute approximate surface area is 64.2 Å². The number of fused-ring (bicyclic) bond motifs is 1. The average Bonchev–Trinajstić information content (AvgIpc) is 2.32. The van der Waals surface area contributed by atoms with Crippen LogP contribution in [0.3, 0.4) is 0 Å². The molecule has 0 aliphatic carbocycles. The first-order chi connectivity index (χ1) is 5.27. The van der Waals surface area contributed by atoms with Gasteiger partial charge in [-0.2, -0.15) is 5.10 Å². The summed E-state index contributed by atoms with van der Waals surface area (Å²) in [5.41, 5.74) is 7.46. The van der Waals surface area contributed by atoms with Crippen LogP contribution in [-0.2, 0) is 0 Å². The van der Waals surface area contributed by atoms with Crippen LogP contribution in [0.25, 0.3) is 10.9 Å². The van der Waals surface area contributed by atoms with E-state index in [-0.39, 0.29) is 0 Å². The molecular weight excluding hydrogens is 138 g/mol. The van der Waals surface area contributed by atoms with Gasteiger partial charge >= 0.3 is 0 Å². The van der Waals surface area contributed by atoms with Gasteiger partial charge in [0.05, 0.1) is 5.52 Å². The highest BCUT2D eigenvalue weighted by atomic mass is 15.1. The predicted octanol–water partition coefficient (Wildman–Crippen LogP) is 1.33. The molecule has 3 N–H and O–H groups in total. The number of aromatic nitrogens is 2. The van der Waals surface area contributed by atoms with Crippen molar-refractivity contribution in [2.45, 2.75) is 0 Å². The first-order valence-electron chi connectivity index (χ1n) is 3.33. The summed E-state index contributed by atoms with van der Waals surface area (Å²) in [6, 6.07) is 5.74. The van der Waals surface area contributed by atoms with E-state index in [0.29, 0.717) is 5.82 Å². The topological polar surface area (TPSA) is 54.7 Å². The summed E-state index contributed by atoms with van der Waals surface area (Å²) in [6.45, 7) is 3.79. The number of hydrogen-bond acceptors (Lipinski definition) is 2. The predicted molar refractivity (Wildman–Crippen MR) is 45.0 cm³/mol. The highest BCUT2D eigenvalue weighted by Crippen LogP contribution is 2.17. The fourth-order valence-corrected chi connectivity index (χ4v) is 1.09. The zero-order valence-corrected chi connectivity index (χ0v) is 5.96. The van der Waals surface area contributed by atoms with Crippen molar-refractivity contribution in [1.82, 2.24) is 10.2 Å². The molecule has 2 rings (SSSR count).